The minimum atomic E-state index is 1.08. The number of thiophene rings is 1. The molecule has 0 atom stereocenters. The van der Waals surface area contributed by atoms with Gasteiger partial charge in [-0.3, -0.25) is 0 Å². The normalized spacial score (nSPS) is 11.1. The second-order valence-electron chi connectivity index (χ2n) is 14.2. The fourth-order valence-electron chi connectivity index (χ4n) is 8.01. The summed E-state index contributed by atoms with van der Waals surface area (Å²) in [6.45, 7) is 0. The van der Waals surface area contributed by atoms with Crippen molar-refractivity contribution in [1.82, 2.24) is 0 Å². The number of anilines is 9. The number of fused-ring (bicyclic) bond motifs is 3. The molecule has 0 fully saturated rings. The quantitative estimate of drug-likeness (QED) is 0.137. The molecule has 4 heteroatoms. The van der Waals surface area contributed by atoms with E-state index < -0.39 is 0 Å². The SMILES string of the molecule is c1ccc(-c2cc(N(c3ccccc3)c3ccccc3)cc3sc4c(N(c5ccccc5)c5ccccc5)cc(N(c5ccccc5)c5ccccc5)cc4c23)cc1. The fraction of sp³-hybridized carbons (Fsp3) is 0. The molecule has 0 aliphatic rings. The summed E-state index contributed by atoms with van der Waals surface area (Å²) in [5.41, 5.74) is 12.3. The molecule has 0 aliphatic heterocycles. The minimum Gasteiger partial charge on any atom is -0.310 e. The van der Waals surface area contributed by atoms with Crippen molar-refractivity contribution in [3.05, 3.63) is 237 Å². The van der Waals surface area contributed by atoms with Crippen LogP contribution in [0.5, 0.6) is 0 Å². The van der Waals surface area contributed by atoms with Crippen LogP contribution in [0, 0.1) is 0 Å². The molecular weight excluding hydrogens is 723 g/mol. The molecule has 0 amide bonds. The first kappa shape index (κ1) is 35.0. The van der Waals surface area contributed by atoms with Crippen molar-refractivity contribution in [1.29, 1.82) is 0 Å². The molecule has 3 nitrogen and oxygen atoms in total. The molecule has 0 saturated heterocycles. The molecule has 1 heterocycles. The lowest BCUT2D eigenvalue weighted by Gasteiger charge is -2.30. The van der Waals surface area contributed by atoms with E-state index in [1.807, 2.05) is 11.3 Å². The highest BCUT2D eigenvalue weighted by Gasteiger charge is 2.25. The average molecular weight is 762 g/mol. The average Bonchev–Trinajstić information content (AvgIpc) is 3.68. The second-order valence-corrected chi connectivity index (χ2v) is 15.2. The number of rotatable bonds is 10. The van der Waals surface area contributed by atoms with Gasteiger partial charge in [0.2, 0.25) is 0 Å². The summed E-state index contributed by atoms with van der Waals surface area (Å²) in [4.78, 5) is 7.16. The summed E-state index contributed by atoms with van der Waals surface area (Å²) < 4.78 is 2.43. The van der Waals surface area contributed by atoms with Gasteiger partial charge in [-0.15, -0.1) is 11.3 Å². The second kappa shape index (κ2) is 15.6. The Morgan fingerprint density at radius 2 is 0.638 bits per heavy atom. The van der Waals surface area contributed by atoms with E-state index in [2.05, 4.69) is 251 Å². The van der Waals surface area contributed by atoms with E-state index in [0.717, 1.165) is 51.2 Å². The van der Waals surface area contributed by atoms with E-state index >= 15 is 0 Å². The Hall–Kier alpha value is -7.40. The highest BCUT2D eigenvalue weighted by molar-refractivity contribution is 7.26. The third kappa shape index (κ3) is 6.66. The van der Waals surface area contributed by atoms with E-state index in [1.54, 1.807) is 0 Å². The van der Waals surface area contributed by atoms with Crippen LogP contribution in [0.1, 0.15) is 0 Å². The Kier molecular flexibility index (Phi) is 9.44. The summed E-state index contributed by atoms with van der Waals surface area (Å²) in [5, 5.41) is 2.44. The molecule has 0 unspecified atom stereocenters. The molecule has 58 heavy (non-hydrogen) atoms. The van der Waals surface area contributed by atoms with E-state index in [-0.39, 0.29) is 0 Å². The molecule has 9 aromatic carbocycles. The van der Waals surface area contributed by atoms with Gasteiger partial charge in [0.15, 0.2) is 0 Å². The standard InChI is InChI=1S/C54H39N3S/c1-8-22-40(23-9-1)49-36-48(56(43-28-14-4-15-29-43)44-30-16-5-17-31-44)39-52-53(49)50-37-47(55(41-24-10-2-11-25-41)42-26-12-3-13-27-42)38-51(54(50)58-52)57(45-32-18-6-19-33-45)46-34-20-7-21-35-46/h1-39H. The van der Waals surface area contributed by atoms with Crippen LogP contribution in [0.15, 0.2) is 237 Å². The number of nitrogens with zero attached hydrogens (tertiary/aromatic N) is 3. The van der Waals surface area contributed by atoms with Crippen LogP contribution >= 0.6 is 11.3 Å². The number of benzene rings is 9. The summed E-state index contributed by atoms with van der Waals surface area (Å²) in [5.74, 6) is 0. The maximum Gasteiger partial charge on any atom is 0.0661 e. The molecule has 0 bridgehead atoms. The molecule has 276 valence electrons. The maximum absolute atomic E-state index is 2.42. The zero-order valence-electron chi connectivity index (χ0n) is 31.8. The van der Waals surface area contributed by atoms with Crippen molar-refractivity contribution in [2.24, 2.45) is 0 Å². The minimum absolute atomic E-state index is 1.08. The summed E-state index contributed by atoms with van der Waals surface area (Å²) in [6, 6.07) is 84.7. The smallest absolute Gasteiger partial charge is 0.0661 e. The largest absolute Gasteiger partial charge is 0.310 e. The van der Waals surface area contributed by atoms with Crippen molar-refractivity contribution >= 4 is 82.7 Å². The number of hydrogen-bond donors (Lipinski definition) is 0. The van der Waals surface area contributed by atoms with Crippen LogP contribution in [0.25, 0.3) is 31.3 Å². The van der Waals surface area contributed by atoms with Crippen molar-refractivity contribution in [3.8, 4) is 11.1 Å². The van der Waals surface area contributed by atoms with Crippen LogP contribution in [0.3, 0.4) is 0 Å². The number of hydrogen-bond acceptors (Lipinski definition) is 4. The van der Waals surface area contributed by atoms with Crippen LogP contribution in [0.2, 0.25) is 0 Å². The van der Waals surface area contributed by atoms with Gasteiger partial charge in [0.1, 0.15) is 0 Å². The first-order valence-electron chi connectivity index (χ1n) is 19.6. The Morgan fingerprint density at radius 3 is 1.03 bits per heavy atom. The zero-order valence-corrected chi connectivity index (χ0v) is 32.6. The van der Waals surface area contributed by atoms with Crippen molar-refractivity contribution in [3.63, 3.8) is 0 Å². The van der Waals surface area contributed by atoms with Gasteiger partial charge in [0.05, 0.1) is 10.4 Å². The molecule has 0 aliphatic carbocycles. The van der Waals surface area contributed by atoms with E-state index in [0.29, 0.717) is 0 Å². The first-order chi connectivity index (χ1) is 28.8. The lowest BCUT2D eigenvalue weighted by atomic mass is 9.97. The predicted molar refractivity (Wildman–Crippen MR) is 249 cm³/mol. The van der Waals surface area contributed by atoms with Gasteiger partial charge < -0.3 is 14.7 Å². The van der Waals surface area contributed by atoms with Crippen molar-refractivity contribution in [2.45, 2.75) is 0 Å². The molecular formula is C54H39N3S. The van der Waals surface area contributed by atoms with Gasteiger partial charge in [-0.2, -0.15) is 0 Å². The van der Waals surface area contributed by atoms with Crippen LogP contribution in [-0.4, -0.2) is 0 Å². The predicted octanol–water partition coefficient (Wildman–Crippen LogP) is 16.1. The Bertz CT molecular complexity index is 2800. The van der Waals surface area contributed by atoms with Gasteiger partial charge in [-0.1, -0.05) is 140 Å². The summed E-state index contributed by atoms with van der Waals surface area (Å²) in [7, 11) is 0. The van der Waals surface area contributed by atoms with Crippen LogP contribution in [-0.2, 0) is 0 Å². The summed E-state index contributed by atoms with van der Waals surface area (Å²) >= 11 is 1.86. The van der Waals surface area contributed by atoms with Crippen LogP contribution in [0.4, 0.5) is 51.2 Å². The molecule has 0 saturated carbocycles. The van der Waals surface area contributed by atoms with E-state index in [4.69, 9.17) is 0 Å². The lowest BCUT2D eigenvalue weighted by molar-refractivity contribution is 1.26. The highest BCUT2D eigenvalue weighted by Crippen LogP contribution is 2.52. The first-order valence-corrected chi connectivity index (χ1v) is 20.4. The highest BCUT2D eigenvalue weighted by atomic mass is 32.1. The molecule has 10 rings (SSSR count). The Balaban J connectivity index is 1.33. The topological polar surface area (TPSA) is 9.72 Å². The van der Waals surface area contributed by atoms with Crippen molar-refractivity contribution in [2.75, 3.05) is 14.7 Å². The molecule has 0 spiro atoms. The third-order valence-corrected chi connectivity index (χ3v) is 11.7. The molecule has 0 radical (unpaired) electrons. The lowest BCUT2D eigenvalue weighted by Crippen LogP contribution is -2.13. The Labute approximate surface area is 343 Å². The van der Waals surface area contributed by atoms with Gasteiger partial charge in [-0.05, 0) is 108 Å². The van der Waals surface area contributed by atoms with E-state index in [1.165, 1.54) is 31.3 Å². The maximum atomic E-state index is 2.42. The molecule has 10 aromatic rings. The molecule has 0 N–H and O–H groups in total. The third-order valence-electron chi connectivity index (χ3n) is 10.6. The summed E-state index contributed by atoms with van der Waals surface area (Å²) in [6.07, 6.45) is 0. The Morgan fingerprint density at radius 1 is 0.293 bits per heavy atom. The van der Waals surface area contributed by atoms with E-state index in [9.17, 15) is 0 Å². The van der Waals surface area contributed by atoms with Crippen molar-refractivity contribution < 1.29 is 0 Å². The van der Waals surface area contributed by atoms with Gasteiger partial charge >= 0.3 is 0 Å². The monoisotopic (exact) mass is 761 g/mol. The zero-order chi connectivity index (χ0) is 38.7. The van der Waals surface area contributed by atoms with Gasteiger partial charge in [0.25, 0.3) is 0 Å². The fourth-order valence-corrected chi connectivity index (χ4v) is 9.26. The molecule has 1 aromatic heterocycles. The van der Waals surface area contributed by atoms with Crippen LogP contribution < -0.4 is 14.7 Å². The van der Waals surface area contributed by atoms with Gasteiger partial charge in [0, 0.05) is 61.0 Å². The van der Waals surface area contributed by atoms with Gasteiger partial charge in [-0.25, -0.2) is 0 Å². The number of para-hydroxylation sites is 6.